The predicted octanol–water partition coefficient (Wildman–Crippen LogP) is 5.18. The molecular formula is C26H34N2O2S2. The Morgan fingerprint density at radius 3 is 2.50 bits per heavy atom. The number of anilines is 1. The van der Waals surface area contributed by atoms with E-state index < -0.39 is 0 Å². The number of hydrogen-bond donors (Lipinski definition) is 0. The Morgan fingerprint density at radius 1 is 1.00 bits per heavy atom. The zero-order chi connectivity index (χ0) is 22.7. The van der Waals surface area contributed by atoms with Crippen molar-refractivity contribution in [3.05, 3.63) is 43.3 Å². The molecule has 2 heterocycles. The molecule has 6 heteroatoms. The van der Waals surface area contributed by atoms with E-state index in [0.717, 1.165) is 45.6 Å². The standard InChI is InChI=1S/C26H34N2O2S2/c1-4-6-7-8-9-10-16-28-20-15-14-18(3)17-22(20)31-26(28)23-24(30)27(5-2)25(32-23)19-12-11-13-21(19)29/h14-15,17H,4-13,16H2,1-3H3/b25-19-,26-23+. The first kappa shape index (κ1) is 23.4. The fraction of sp³-hybridized carbons (Fsp3) is 0.538. The molecule has 0 N–H and O–H groups in total. The molecule has 4 rings (SSSR count). The van der Waals surface area contributed by atoms with Gasteiger partial charge in [0.15, 0.2) is 5.78 Å². The van der Waals surface area contributed by atoms with Crippen LogP contribution in [0.1, 0.15) is 77.2 Å². The van der Waals surface area contributed by atoms with Gasteiger partial charge in [-0.05, 0) is 50.8 Å². The van der Waals surface area contributed by atoms with E-state index in [-0.39, 0.29) is 11.3 Å². The highest BCUT2D eigenvalue weighted by molar-refractivity contribution is 8.08. The first-order valence-electron chi connectivity index (χ1n) is 12.1. The van der Waals surface area contributed by atoms with Gasteiger partial charge in [0.25, 0.3) is 5.56 Å². The number of thioether (sulfide) groups is 1. The Balaban J connectivity index is 1.76. The zero-order valence-electron chi connectivity index (χ0n) is 19.5. The molecule has 1 aromatic carbocycles. The Labute approximate surface area is 199 Å². The van der Waals surface area contributed by atoms with E-state index in [0.29, 0.717) is 13.0 Å². The van der Waals surface area contributed by atoms with E-state index in [2.05, 4.69) is 36.9 Å². The molecule has 0 radical (unpaired) electrons. The summed E-state index contributed by atoms with van der Waals surface area (Å²) in [7, 11) is 0. The van der Waals surface area contributed by atoms with Crippen molar-refractivity contribution >= 4 is 45.2 Å². The number of rotatable bonds is 8. The molecule has 1 aromatic heterocycles. The number of aryl methyl sites for hydroxylation is 1. The van der Waals surface area contributed by atoms with Crippen molar-refractivity contribution in [2.24, 2.45) is 0 Å². The van der Waals surface area contributed by atoms with Crippen LogP contribution in [-0.2, 0) is 11.3 Å². The number of aromatic nitrogens is 1. The van der Waals surface area contributed by atoms with Gasteiger partial charge in [0.1, 0.15) is 14.2 Å². The molecule has 4 nitrogen and oxygen atoms in total. The van der Waals surface area contributed by atoms with Crippen molar-refractivity contribution in [1.29, 1.82) is 0 Å². The maximum atomic E-state index is 13.5. The lowest BCUT2D eigenvalue weighted by molar-refractivity contribution is -0.113. The van der Waals surface area contributed by atoms with Crippen LogP contribution in [-0.4, -0.2) is 16.9 Å². The summed E-state index contributed by atoms with van der Waals surface area (Å²) in [6.07, 6.45) is 9.80. The lowest BCUT2D eigenvalue weighted by atomic mass is 10.1. The van der Waals surface area contributed by atoms with Gasteiger partial charge in [0.05, 0.1) is 5.69 Å². The first-order valence-corrected chi connectivity index (χ1v) is 13.7. The van der Waals surface area contributed by atoms with Crippen molar-refractivity contribution in [3.63, 3.8) is 0 Å². The second kappa shape index (κ2) is 10.4. The summed E-state index contributed by atoms with van der Waals surface area (Å²) in [4.78, 5) is 29.5. The molecule has 0 bridgehead atoms. The van der Waals surface area contributed by atoms with Gasteiger partial charge in [-0.1, -0.05) is 56.9 Å². The maximum Gasteiger partial charge on any atom is 0.271 e. The molecule has 1 aliphatic carbocycles. The molecular weight excluding hydrogens is 436 g/mol. The van der Waals surface area contributed by atoms with Gasteiger partial charge in [-0.15, -0.1) is 11.3 Å². The summed E-state index contributed by atoms with van der Waals surface area (Å²) in [5, 5.41) is 1.05. The van der Waals surface area contributed by atoms with Gasteiger partial charge < -0.3 is 4.90 Å². The SMILES string of the molecule is CCCCCCCCN1/C(=c2\s/c(=C3/CCCC3=O)n(CC)c2=O)Sc2cc(C)ccc21. The van der Waals surface area contributed by atoms with E-state index >= 15 is 0 Å². The molecule has 0 amide bonds. The molecule has 1 saturated carbocycles. The third kappa shape index (κ3) is 4.62. The van der Waals surface area contributed by atoms with Gasteiger partial charge in [0.2, 0.25) is 0 Å². The van der Waals surface area contributed by atoms with Gasteiger partial charge in [-0.3, -0.25) is 14.2 Å². The second-order valence-electron chi connectivity index (χ2n) is 8.84. The van der Waals surface area contributed by atoms with E-state index in [4.69, 9.17) is 0 Å². The van der Waals surface area contributed by atoms with Gasteiger partial charge in [0, 0.05) is 30.0 Å². The first-order chi connectivity index (χ1) is 15.5. The number of fused-ring (bicyclic) bond motifs is 1. The zero-order valence-corrected chi connectivity index (χ0v) is 21.2. The van der Waals surface area contributed by atoms with Crippen LogP contribution in [0.15, 0.2) is 27.9 Å². The van der Waals surface area contributed by atoms with E-state index in [9.17, 15) is 9.59 Å². The summed E-state index contributed by atoms with van der Waals surface area (Å²) >= 11 is 3.25. The Kier molecular flexibility index (Phi) is 7.62. The summed E-state index contributed by atoms with van der Waals surface area (Å²) in [6, 6.07) is 6.58. The minimum atomic E-state index is 0.0553. The Hall–Kier alpha value is -1.79. The van der Waals surface area contributed by atoms with Crippen LogP contribution in [0.4, 0.5) is 5.69 Å². The number of ketones is 1. The number of thiazole rings is 1. The Morgan fingerprint density at radius 2 is 1.78 bits per heavy atom. The van der Waals surface area contributed by atoms with Crippen LogP contribution in [0.5, 0.6) is 0 Å². The van der Waals surface area contributed by atoms with Crippen LogP contribution in [0.25, 0.3) is 10.6 Å². The van der Waals surface area contributed by atoms with E-state index in [1.54, 1.807) is 11.8 Å². The lowest BCUT2D eigenvalue weighted by Crippen LogP contribution is -2.35. The predicted molar refractivity (Wildman–Crippen MR) is 137 cm³/mol. The summed E-state index contributed by atoms with van der Waals surface area (Å²) < 4.78 is 3.50. The van der Waals surface area contributed by atoms with Crippen LogP contribution >= 0.6 is 23.1 Å². The average Bonchev–Trinajstić information content (AvgIpc) is 3.45. The maximum absolute atomic E-state index is 13.5. The Bertz CT molecular complexity index is 1180. The minimum Gasteiger partial charge on any atom is -0.334 e. The molecule has 1 aliphatic heterocycles. The van der Waals surface area contributed by atoms with Crippen molar-refractivity contribution in [2.45, 2.75) is 90.0 Å². The van der Waals surface area contributed by atoms with Crippen LogP contribution in [0.2, 0.25) is 0 Å². The molecule has 0 spiro atoms. The monoisotopic (exact) mass is 470 g/mol. The number of benzene rings is 1. The third-order valence-electron chi connectivity index (χ3n) is 6.41. The van der Waals surface area contributed by atoms with Crippen LogP contribution < -0.4 is 19.7 Å². The number of carbonyl (C=O) groups excluding carboxylic acids is 1. The van der Waals surface area contributed by atoms with E-state index in [1.807, 2.05) is 11.5 Å². The lowest BCUT2D eigenvalue weighted by Gasteiger charge is -2.20. The molecule has 0 saturated heterocycles. The number of nitrogens with zero attached hydrogens (tertiary/aromatic N) is 2. The number of carbonyl (C=O) groups is 1. The molecule has 2 aliphatic rings. The largest absolute Gasteiger partial charge is 0.334 e. The van der Waals surface area contributed by atoms with Crippen molar-refractivity contribution in [2.75, 3.05) is 11.4 Å². The highest BCUT2D eigenvalue weighted by Gasteiger charge is 2.28. The normalized spacial score (nSPS) is 19.2. The fourth-order valence-electron chi connectivity index (χ4n) is 4.64. The van der Waals surface area contributed by atoms with Gasteiger partial charge >= 0.3 is 0 Å². The summed E-state index contributed by atoms with van der Waals surface area (Å²) in [5.41, 5.74) is 3.37. The van der Waals surface area contributed by atoms with Crippen LogP contribution in [0, 0.1) is 6.92 Å². The summed E-state index contributed by atoms with van der Waals surface area (Å²) in [6.45, 7) is 7.89. The van der Waals surface area contributed by atoms with Crippen molar-refractivity contribution in [1.82, 2.24) is 4.57 Å². The van der Waals surface area contributed by atoms with Gasteiger partial charge in [-0.2, -0.15) is 0 Å². The van der Waals surface area contributed by atoms with Crippen molar-refractivity contribution < 1.29 is 4.79 Å². The summed E-state index contributed by atoms with van der Waals surface area (Å²) in [5.74, 6) is 0.215. The molecule has 1 fully saturated rings. The molecule has 172 valence electrons. The van der Waals surface area contributed by atoms with E-state index in [1.165, 1.54) is 59.6 Å². The van der Waals surface area contributed by atoms with Crippen molar-refractivity contribution in [3.8, 4) is 0 Å². The number of unbranched alkanes of at least 4 members (excludes halogenated alkanes) is 5. The third-order valence-corrected chi connectivity index (χ3v) is 8.94. The van der Waals surface area contributed by atoms with Crippen LogP contribution in [0.3, 0.4) is 0 Å². The smallest absolute Gasteiger partial charge is 0.271 e. The highest BCUT2D eigenvalue weighted by atomic mass is 32.2. The molecule has 0 atom stereocenters. The fourth-order valence-corrected chi connectivity index (χ4v) is 7.35. The topological polar surface area (TPSA) is 42.3 Å². The molecule has 0 unspecified atom stereocenters. The van der Waals surface area contributed by atoms with Gasteiger partial charge in [-0.25, -0.2) is 0 Å². The second-order valence-corrected chi connectivity index (χ2v) is 10.9. The molecule has 2 aromatic rings. The average molecular weight is 471 g/mol. The number of hydrogen-bond acceptors (Lipinski definition) is 5. The molecule has 32 heavy (non-hydrogen) atoms. The minimum absolute atomic E-state index is 0.0553. The highest BCUT2D eigenvalue weighted by Crippen LogP contribution is 2.46. The number of Topliss-reactive ketones (excluding diaryl/α,β-unsaturated/α-hetero) is 1. The quantitative estimate of drug-likeness (QED) is 0.499.